The molecule has 2 rings (SSSR count). The minimum Gasteiger partial charge on any atom is -0.496 e. The number of hydrogen-bond acceptors (Lipinski definition) is 3. The average Bonchev–Trinajstić information content (AvgIpc) is 2.39. The number of nitrogens with zero attached hydrogens (tertiary/aromatic N) is 1. The fourth-order valence-electron chi connectivity index (χ4n) is 1.85. The first-order valence-corrected chi connectivity index (χ1v) is 6.17. The Labute approximate surface area is 116 Å². The normalized spacial score (nSPS) is 12.2. The Bertz CT molecular complexity index is 560. The van der Waals surface area contributed by atoms with Crippen LogP contribution in [0, 0.1) is 5.82 Å². The topological polar surface area (TPSA) is 48.1 Å². The van der Waals surface area contributed by atoms with Gasteiger partial charge in [-0.15, -0.1) is 0 Å². The summed E-state index contributed by atoms with van der Waals surface area (Å²) < 4.78 is 18.1. The first-order valence-electron chi connectivity index (χ1n) is 5.79. The summed E-state index contributed by atoms with van der Waals surface area (Å²) >= 11 is 5.96. The Kier molecular flexibility index (Phi) is 4.35. The van der Waals surface area contributed by atoms with Crippen molar-refractivity contribution < 1.29 is 9.13 Å². The van der Waals surface area contributed by atoms with Crippen molar-refractivity contribution in [3.05, 3.63) is 58.6 Å². The molecule has 0 saturated heterocycles. The smallest absolute Gasteiger partial charge is 0.141 e. The van der Waals surface area contributed by atoms with Crippen LogP contribution in [0.25, 0.3) is 0 Å². The minimum absolute atomic E-state index is 0.340. The number of benzene rings is 1. The maximum atomic E-state index is 12.8. The van der Waals surface area contributed by atoms with Crippen LogP contribution in [-0.2, 0) is 6.42 Å². The van der Waals surface area contributed by atoms with Gasteiger partial charge in [-0.1, -0.05) is 11.6 Å². The molecule has 0 spiro atoms. The fourth-order valence-corrected chi connectivity index (χ4v) is 2.05. The van der Waals surface area contributed by atoms with Crippen LogP contribution in [0.3, 0.4) is 0 Å². The van der Waals surface area contributed by atoms with Crippen LogP contribution >= 0.6 is 11.6 Å². The highest BCUT2D eigenvalue weighted by Gasteiger charge is 2.12. The van der Waals surface area contributed by atoms with E-state index in [0.29, 0.717) is 17.1 Å². The summed E-state index contributed by atoms with van der Waals surface area (Å²) in [7, 11) is 1.59. The molecule has 1 atom stereocenters. The van der Waals surface area contributed by atoms with Gasteiger partial charge in [0.05, 0.1) is 25.0 Å². The molecule has 0 aliphatic rings. The molecule has 3 nitrogen and oxygen atoms in total. The second kappa shape index (κ2) is 5.99. The lowest BCUT2D eigenvalue weighted by atomic mass is 10.0. The van der Waals surface area contributed by atoms with Gasteiger partial charge in [0, 0.05) is 5.02 Å². The third kappa shape index (κ3) is 3.43. The molecule has 100 valence electrons. The first-order chi connectivity index (χ1) is 9.10. The largest absolute Gasteiger partial charge is 0.496 e. The lowest BCUT2D eigenvalue weighted by Crippen LogP contribution is -2.15. The van der Waals surface area contributed by atoms with Crippen LogP contribution in [0.15, 0.2) is 36.5 Å². The molecule has 1 heterocycles. The molecule has 2 N–H and O–H groups in total. The van der Waals surface area contributed by atoms with Crippen LogP contribution in [0.2, 0.25) is 5.02 Å². The number of methoxy groups -OCH3 is 1. The Hall–Kier alpha value is -1.65. The zero-order valence-corrected chi connectivity index (χ0v) is 11.2. The van der Waals surface area contributed by atoms with Gasteiger partial charge >= 0.3 is 0 Å². The molecule has 5 heteroatoms. The third-order valence-corrected chi connectivity index (χ3v) is 3.05. The molecule has 2 aromatic rings. The molecule has 0 amide bonds. The average molecular weight is 281 g/mol. The van der Waals surface area contributed by atoms with E-state index in [-0.39, 0.29) is 11.9 Å². The number of pyridine rings is 1. The van der Waals surface area contributed by atoms with E-state index in [1.165, 1.54) is 6.07 Å². The highest BCUT2D eigenvalue weighted by molar-refractivity contribution is 6.30. The fraction of sp³-hybridized carbons (Fsp3) is 0.214. The number of rotatable bonds is 4. The van der Waals surface area contributed by atoms with E-state index in [1.807, 2.05) is 6.07 Å². The van der Waals surface area contributed by atoms with Crippen LogP contribution < -0.4 is 10.5 Å². The Morgan fingerprint density at radius 1 is 1.37 bits per heavy atom. The quantitative estimate of drug-likeness (QED) is 0.936. The molecule has 1 aromatic carbocycles. The summed E-state index contributed by atoms with van der Waals surface area (Å²) in [6.45, 7) is 0. The number of aromatic nitrogens is 1. The highest BCUT2D eigenvalue weighted by Crippen LogP contribution is 2.26. The number of hydrogen-bond donors (Lipinski definition) is 1. The SMILES string of the molecule is COc1ccc(Cl)cc1CC(N)c1ccc(F)cn1. The molecule has 0 bridgehead atoms. The van der Waals surface area contributed by atoms with Crippen molar-refractivity contribution in [1.82, 2.24) is 4.98 Å². The van der Waals surface area contributed by atoms with Gasteiger partial charge < -0.3 is 10.5 Å². The van der Waals surface area contributed by atoms with Crippen LogP contribution in [0.5, 0.6) is 5.75 Å². The van der Waals surface area contributed by atoms with E-state index in [4.69, 9.17) is 22.1 Å². The predicted molar refractivity (Wildman–Crippen MR) is 72.8 cm³/mol. The molecular formula is C14H14ClFN2O. The van der Waals surface area contributed by atoms with E-state index >= 15 is 0 Å². The van der Waals surface area contributed by atoms with Crippen molar-refractivity contribution in [2.75, 3.05) is 7.11 Å². The van der Waals surface area contributed by atoms with Crippen molar-refractivity contribution in [3.63, 3.8) is 0 Å². The van der Waals surface area contributed by atoms with E-state index in [9.17, 15) is 4.39 Å². The molecule has 0 aliphatic heterocycles. The molecule has 1 aromatic heterocycles. The molecular weight excluding hydrogens is 267 g/mol. The summed E-state index contributed by atoms with van der Waals surface area (Å²) in [5, 5.41) is 0.620. The van der Waals surface area contributed by atoms with Crippen molar-refractivity contribution in [2.45, 2.75) is 12.5 Å². The van der Waals surface area contributed by atoms with Gasteiger partial charge in [-0.05, 0) is 42.3 Å². The monoisotopic (exact) mass is 280 g/mol. The molecule has 0 saturated carbocycles. The van der Waals surface area contributed by atoms with Gasteiger partial charge in [0.2, 0.25) is 0 Å². The Morgan fingerprint density at radius 3 is 2.79 bits per heavy atom. The first kappa shape index (κ1) is 13.8. The molecule has 0 aliphatic carbocycles. The maximum absolute atomic E-state index is 12.8. The second-order valence-electron chi connectivity index (χ2n) is 4.17. The zero-order chi connectivity index (χ0) is 13.8. The lowest BCUT2D eigenvalue weighted by Gasteiger charge is -2.14. The number of ether oxygens (including phenoxy) is 1. The number of nitrogens with two attached hydrogens (primary N) is 1. The van der Waals surface area contributed by atoms with Gasteiger partial charge in [-0.25, -0.2) is 4.39 Å². The van der Waals surface area contributed by atoms with Crippen LogP contribution in [0.1, 0.15) is 17.3 Å². The zero-order valence-electron chi connectivity index (χ0n) is 10.4. The van der Waals surface area contributed by atoms with Gasteiger partial charge in [0.1, 0.15) is 11.6 Å². The van der Waals surface area contributed by atoms with E-state index in [1.54, 1.807) is 25.3 Å². The minimum atomic E-state index is -0.378. The number of halogens is 2. The van der Waals surface area contributed by atoms with Gasteiger partial charge in [-0.2, -0.15) is 0 Å². The molecule has 19 heavy (non-hydrogen) atoms. The Morgan fingerprint density at radius 2 is 2.16 bits per heavy atom. The van der Waals surface area contributed by atoms with Crippen molar-refractivity contribution >= 4 is 11.6 Å². The van der Waals surface area contributed by atoms with Gasteiger partial charge in [0.15, 0.2) is 0 Å². The predicted octanol–water partition coefficient (Wildman–Crippen LogP) is 3.13. The summed E-state index contributed by atoms with van der Waals surface area (Å²) in [6, 6.07) is 7.94. The molecule has 0 radical (unpaired) electrons. The Balaban J connectivity index is 2.20. The van der Waals surface area contributed by atoms with Crippen molar-refractivity contribution in [3.8, 4) is 5.75 Å². The van der Waals surface area contributed by atoms with E-state index in [2.05, 4.69) is 4.98 Å². The summed E-state index contributed by atoms with van der Waals surface area (Å²) in [5.41, 5.74) is 7.59. The van der Waals surface area contributed by atoms with E-state index in [0.717, 1.165) is 17.5 Å². The van der Waals surface area contributed by atoms with E-state index < -0.39 is 0 Å². The molecule has 1 unspecified atom stereocenters. The van der Waals surface area contributed by atoms with Gasteiger partial charge in [0.25, 0.3) is 0 Å². The molecule has 0 fully saturated rings. The second-order valence-corrected chi connectivity index (χ2v) is 4.60. The maximum Gasteiger partial charge on any atom is 0.141 e. The van der Waals surface area contributed by atoms with Gasteiger partial charge in [-0.3, -0.25) is 4.98 Å². The van der Waals surface area contributed by atoms with Crippen LogP contribution in [-0.4, -0.2) is 12.1 Å². The summed E-state index contributed by atoms with van der Waals surface area (Å²) in [5.74, 6) is 0.346. The highest BCUT2D eigenvalue weighted by atomic mass is 35.5. The van der Waals surface area contributed by atoms with Crippen molar-refractivity contribution in [2.24, 2.45) is 5.73 Å². The lowest BCUT2D eigenvalue weighted by molar-refractivity contribution is 0.408. The standard InChI is InChI=1S/C14H14ClFN2O/c1-19-14-5-2-10(15)6-9(14)7-12(17)13-4-3-11(16)8-18-13/h2-6,8,12H,7,17H2,1H3. The van der Waals surface area contributed by atoms with Crippen LogP contribution in [0.4, 0.5) is 4.39 Å². The van der Waals surface area contributed by atoms with Crippen molar-refractivity contribution in [1.29, 1.82) is 0 Å². The summed E-state index contributed by atoms with van der Waals surface area (Å²) in [6.07, 6.45) is 1.67. The summed E-state index contributed by atoms with van der Waals surface area (Å²) in [4.78, 5) is 3.98. The third-order valence-electron chi connectivity index (χ3n) is 2.81.